The van der Waals surface area contributed by atoms with Gasteiger partial charge in [0.25, 0.3) is 5.91 Å². The minimum atomic E-state index is -1.81. The van der Waals surface area contributed by atoms with E-state index in [0.717, 1.165) is 0 Å². The molecule has 24 heteroatoms. The molecule has 0 aliphatic carbocycles. The zero-order valence-corrected chi connectivity index (χ0v) is 26.0. The van der Waals surface area contributed by atoms with Crippen LogP contribution in [0.5, 0.6) is 0 Å². The number of carbonyl (C=O) groups is 7. The first-order valence-corrected chi connectivity index (χ1v) is 14.8. The van der Waals surface area contributed by atoms with Crippen molar-refractivity contribution in [2.75, 3.05) is 26.3 Å². The van der Waals surface area contributed by atoms with Crippen LogP contribution in [-0.4, -0.2) is 143 Å². The van der Waals surface area contributed by atoms with Gasteiger partial charge in [0.2, 0.25) is 29.5 Å². The van der Waals surface area contributed by atoms with Gasteiger partial charge < -0.3 is 85.9 Å². The van der Waals surface area contributed by atoms with E-state index in [4.69, 9.17) is 22.9 Å². The van der Waals surface area contributed by atoms with Crippen LogP contribution in [0.1, 0.15) is 19.3 Å². The SMILES string of the molecule is NCCC(O)C(N)CC(=O)NC1CNC(=O)C(C2CC(O)N=C(N)N2)NC(=O)C(=CNC(N)=O)NC(=O)C(CO)NC(=O)C(CO)NC1=O. The number of hydrogen-bond donors (Lipinski definition) is 16. The van der Waals surface area contributed by atoms with Crippen LogP contribution in [0.25, 0.3) is 0 Å². The number of primary amides is 1. The molecule has 274 valence electrons. The maximum absolute atomic E-state index is 13.6. The highest BCUT2D eigenvalue weighted by atomic mass is 16.3. The number of aliphatic hydroxyl groups excluding tert-OH is 4. The molecule has 8 atom stereocenters. The van der Waals surface area contributed by atoms with Crippen LogP contribution in [0.2, 0.25) is 0 Å². The van der Waals surface area contributed by atoms with Crippen molar-refractivity contribution in [1.29, 1.82) is 0 Å². The third-order valence-corrected chi connectivity index (χ3v) is 7.06. The first-order chi connectivity index (χ1) is 23.1. The lowest BCUT2D eigenvalue weighted by Gasteiger charge is -2.33. The predicted molar refractivity (Wildman–Crippen MR) is 165 cm³/mol. The monoisotopic (exact) mass is 701 g/mol. The number of nitrogens with one attached hydrogen (secondary N) is 8. The van der Waals surface area contributed by atoms with Crippen molar-refractivity contribution in [1.82, 2.24) is 42.5 Å². The fourth-order valence-electron chi connectivity index (χ4n) is 4.48. The summed E-state index contributed by atoms with van der Waals surface area (Å²) in [5.74, 6) is -7.02. The number of urea groups is 1. The molecule has 0 aromatic heterocycles. The third kappa shape index (κ3) is 12.4. The summed E-state index contributed by atoms with van der Waals surface area (Å²) in [7, 11) is 0. The molecule has 8 amide bonds. The number of aliphatic hydroxyl groups is 4. The molecular formula is C25H43N13O11. The molecule has 2 heterocycles. The van der Waals surface area contributed by atoms with Gasteiger partial charge in [-0.1, -0.05) is 0 Å². The number of carbonyl (C=O) groups excluding carboxylic acids is 7. The highest BCUT2D eigenvalue weighted by molar-refractivity contribution is 6.02. The largest absolute Gasteiger partial charge is 0.394 e. The number of rotatable bonds is 10. The van der Waals surface area contributed by atoms with E-state index in [1.807, 2.05) is 5.32 Å². The van der Waals surface area contributed by atoms with Crippen LogP contribution in [0.4, 0.5) is 4.79 Å². The molecular weight excluding hydrogens is 658 g/mol. The predicted octanol–water partition coefficient (Wildman–Crippen LogP) is -9.91. The quantitative estimate of drug-likeness (QED) is 0.0940. The zero-order valence-electron chi connectivity index (χ0n) is 26.0. The fourth-order valence-corrected chi connectivity index (χ4v) is 4.48. The summed E-state index contributed by atoms with van der Waals surface area (Å²) in [6.45, 7) is -2.75. The van der Waals surface area contributed by atoms with Crippen molar-refractivity contribution in [3.8, 4) is 0 Å². The van der Waals surface area contributed by atoms with Gasteiger partial charge in [0, 0.05) is 31.6 Å². The average Bonchev–Trinajstić information content (AvgIpc) is 3.03. The Labute approximate surface area is 278 Å². The van der Waals surface area contributed by atoms with E-state index < -0.39 is 122 Å². The Hall–Kier alpha value is -5.14. The van der Waals surface area contributed by atoms with Gasteiger partial charge in [-0.3, -0.25) is 28.8 Å². The zero-order chi connectivity index (χ0) is 36.8. The standard InChI is InChI=1S/C25H43N13O11/c26-2-1-15(41)9(27)3-16(42)32-11-5-30-23(48)18(10-4-17(43)37-24(28)36-10)38-20(45)12(6-31-25(29)49)33-21(46)13(7-39)35-22(47)14(8-40)34-19(11)44/h6,9-11,13-15,17-18,39-41,43H,1-5,7-8,26-27H2,(H,30,48)(H,32,42)(H,33,46)(H,34,44)(H,35,47)(H,38,45)(H3,28,36,37)(H3,29,31,49). The van der Waals surface area contributed by atoms with E-state index >= 15 is 0 Å². The van der Waals surface area contributed by atoms with E-state index in [1.165, 1.54) is 0 Å². The van der Waals surface area contributed by atoms with Crippen molar-refractivity contribution in [2.45, 2.75) is 67.8 Å². The Morgan fingerprint density at radius 2 is 1.61 bits per heavy atom. The second-order valence-corrected chi connectivity index (χ2v) is 10.9. The molecule has 2 rings (SSSR count). The van der Waals surface area contributed by atoms with Gasteiger partial charge in [-0.25, -0.2) is 9.79 Å². The second kappa shape index (κ2) is 19.0. The van der Waals surface area contributed by atoms with E-state index in [0.29, 0.717) is 6.20 Å². The number of hydrogen-bond acceptors (Lipinski definition) is 16. The van der Waals surface area contributed by atoms with Gasteiger partial charge in [0.05, 0.1) is 25.4 Å². The van der Waals surface area contributed by atoms with Crippen LogP contribution in [-0.2, 0) is 28.8 Å². The molecule has 0 aromatic rings. The van der Waals surface area contributed by atoms with E-state index in [1.54, 1.807) is 0 Å². The second-order valence-electron chi connectivity index (χ2n) is 10.9. The number of guanidine groups is 1. The summed E-state index contributed by atoms with van der Waals surface area (Å²) < 4.78 is 0. The smallest absolute Gasteiger partial charge is 0.316 e. The highest BCUT2D eigenvalue weighted by Gasteiger charge is 2.37. The fraction of sp³-hybridized carbons (Fsp3) is 0.600. The highest BCUT2D eigenvalue weighted by Crippen LogP contribution is 2.11. The molecule has 0 spiro atoms. The van der Waals surface area contributed by atoms with Crippen molar-refractivity contribution in [3.05, 3.63) is 11.9 Å². The topological polar surface area (TPSA) is 413 Å². The normalized spacial score (nSPS) is 27.9. The molecule has 0 aromatic carbocycles. The van der Waals surface area contributed by atoms with E-state index in [9.17, 15) is 54.0 Å². The van der Waals surface area contributed by atoms with Crippen molar-refractivity contribution in [3.63, 3.8) is 0 Å². The van der Waals surface area contributed by atoms with Crippen molar-refractivity contribution >= 4 is 47.4 Å². The molecule has 0 bridgehead atoms. The lowest BCUT2D eigenvalue weighted by molar-refractivity contribution is -0.135. The molecule has 8 unspecified atom stereocenters. The van der Waals surface area contributed by atoms with Crippen molar-refractivity contribution < 1.29 is 54.0 Å². The van der Waals surface area contributed by atoms with Gasteiger partial charge in [-0.2, -0.15) is 0 Å². The number of nitrogens with two attached hydrogens (primary N) is 4. The Morgan fingerprint density at radius 3 is 2.20 bits per heavy atom. The van der Waals surface area contributed by atoms with Crippen LogP contribution in [0.15, 0.2) is 16.9 Å². The molecule has 24 nitrogen and oxygen atoms in total. The molecule has 2 aliphatic rings. The number of nitrogens with zero attached hydrogens (tertiary/aromatic N) is 1. The van der Waals surface area contributed by atoms with Gasteiger partial charge in [0.1, 0.15) is 29.9 Å². The Morgan fingerprint density at radius 1 is 0.980 bits per heavy atom. The average molecular weight is 702 g/mol. The van der Waals surface area contributed by atoms with Gasteiger partial charge in [-0.05, 0) is 13.0 Å². The molecule has 0 saturated carbocycles. The maximum atomic E-state index is 13.6. The van der Waals surface area contributed by atoms with Gasteiger partial charge in [-0.15, -0.1) is 0 Å². The first-order valence-electron chi connectivity index (χ1n) is 14.8. The summed E-state index contributed by atoms with van der Waals surface area (Å²) in [6.07, 6.45) is -2.69. The minimum absolute atomic E-state index is 0.0658. The van der Waals surface area contributed by atoms with Crippen molar-refractivity contribution in [2.24, 2.45) is 27.9 Å². The summed E-state index contributed by atoms with van der Waals surface area (Å²) in [5, 5.41) is 57.7. The first kappa shape index (κ1) is 40.0. The van der Waals surface area contributed by atoms with E-state index in [2.05, 4.69) is 42.2 Å². The van der Waals surface area contributed by atoms with Gasteiger partial charge >= 0.3 is 6.03 Å². The summed E-state index contributed by atoms with van der Waals surface area (Å²) >= 11 is 0. The van der Waals surface area contributed by atoms with Crippen LogP contribution in [0.3, 0.4) is 0 Å². The Balaban J connectivity index is 2.55. The molecule has 20 N–H and O–H groups in total. The third-order valence-electron chi connectivity index (χ3n) is 7.06. The molecule has 49 heavy (non-hydrogen) atoms. The summed E-state index contributed by atoms with van der Waals surface area (Å²) in [5.41, 5.74) is 21.3. The van der Waals surface area contributed by atoms with Crippen LogP contribution >= 0.6 is 0 Å². The van der Waals surface area contributed by atoms with Crippen LogP contribution < -0.4 is 65.5 Å². The minimum Gasteiger partial charge on any atom is -0.394 e. The van der Waals surface area contributed by atoms with E-state index in [-0.39, 0.29) is 25.3 Å². The number of aliphatic imine (C=N–C) groups is 1. The molecule has 1 fully saturated rings. The molecule has 0 radical (unpaired) electrons. The summed E-state index contributed by atoms with van der Waals surface area (Å²) in [6, 6.07) is -10.4. The lowest BCUT2D eigenvalue weighted by Crippen LogP contribution is -2.65. The Bertz CT molecular complexity index is 1310. The molecule has 1 saturated heterocycles. The van der Waals surface area contributed by atoms with Crippen LogP contribution in [0, 0.1) is 0 Å². The maximum Gasteiger partial charge on any atom is 0.316 e. The van der Waals surface area contributed by atoms with Gasteiger partial charge in [0.15, 0.2) is 12.2 Å². The Kier molecular flexibility index (Phi) is 15.5. The molecule has 2 aliphatic heterocycles. The summed E-state index contributed by atoms with van der Waals surface area (Å²) in [4.78, 5) is 94.0. The lowest BCUT2D eigenvalue weighted by atomic mass is 10.0. The number of amides is 8.